The molecule has 2 N–H and O–H groups in total. The van der Waals surface area contributed by atoms with Crippen molar-refractivity contribution >= 4 is 0 Å². The average Bonchev–Trinajstić information content (AvgIpc) is 2.78. The van der Waals surface area contributed by atoms with E-state index in [0.29, 0.717) is 11.8 Å². The number of aromatic nitrogens is 2. The largest absolute Gasteiger partial charge is 0.338 e. The fraction of sp³-hybridized carbons (Fsp3) is 0.857. The van der Waals surface area contributed by atoms with Gasteiger partial charge in [-0.25, -0.2) is 0 Å². The average molecular weight is 281 g/mol. The fourth-order valence-electron chi connectivity index (χ4n) is 2.69. The van der Waals surface area contributed by atoms with Crippen molar-refractivity contribution in [1.29, 1.82) is 0 Å². The second-order valence-corrected chi connectivity index (χ2v) is 6.34. The molecule has 1 aromatic heterocycles. The smallest absolute Gasteiger partial charge is 0.243 e. The molecule has 1 aliphatic heterocycles. The lowest BCUT2D eigenvalue weighted by Crippen LogP contribution is -2.31. The highest BCUT2D eigenvalue weighted by Gasteiger charge is 2.27. The van der Waals surface area contributed by atoms with Crippen LogP contribution in [0.4, 0.5) is 0 Å². The lowest BCUT2D eigenvalue weighted by atomic mass is 10.0. The lowest BCUT2D eigenvalue weighted by molar-refractivity contribution is 0.214. The zero-order chi connectivity index (χ0) is 14.7. The lowest BCUT2D eigenvalue weighted by Gasteiger charge is -2.24. The van der Waals surface area contributed by atoms with Gasteiger partial charge in [0.15, 0.2) is 5.82 Å². The third kappa shape index (κ3) is 3.77. The summed E-state index contributed by atoms with van der Waals surface area (Å²) >= 11 is 0. The highest BCUT2D eigenvalue weighted by atomic mass is 16.5. The summed E-state index contributed by atoms with van der Waals surface area (Å²) in [5.74, 6) is 1.84. The number of nitrogens with two attached hydrogens (primary N) is 1. The molecule has 0 bridgehead atoms. The van der Waals surface area contributed by atoms with Crippen molar-refractivity contribution in [3.63, 3.8) is 0 Å². The van der Waals surface area contributed by atoms with Gasteiger partial charge in [-0.1, -0.05) is 19.0 Å². The van der Waals surface area contributed by atoms with Crippen molar-refractivity contribution in [2.24, 2.45) is 11.7 Å². The van der Waals surface area contributed by atoms with Crippen LogP contribution in [0, 0.1) is 5.92 Å². The van der Waals surface area contributed by atoms with E-state index in [1.807, 2.05) is 0 Å². The first-order chi connectivity index (χ1) is 9.47. The quantitative estimate of drug-likeness (QED) is 0.900. The van der Waals surface area contributed by atoms with Gasteiger partial charge in [-0.3, -0.25) is 4.90 Å². The first-order valence-corrected chi connectivity index (χ1v) is 7.45. The number of likely N-dealkylation sites (N-methyl/N-ethyl adjacent to an activating group) is 2. The van der Waals surface area contributed by atoms with Gasteiger partial charge in [0.25, 0.3) is 0 Å². The van der Waals surface area contributed by atoms with Gasteiger partial charge in [-0.05, 0) is 45.9 Å². The monoisotopic (exact) mass is 281 g/mol. The molecule has 6 nitrogen and oxygen atoms in total. The molecule has 0 aromatic carbocycles. The first kappa shape index (κ1) is 15.4. The minimum atomic E-state index is -0.162. The molecule has 1 unspecified atom stereocenters. The van der Waals surface area contributed by atoms with Gasteiger partial charge in [0.05, 0.1) is 12.1 Å². The maximum absolute atomic E-state index is 6.11. The second-order valence-electron chi connectivity index (χ2n) is 6.34. The molecule has 0 amide bonds. The molecule has 2 atom stereocenters. The Morgan fingerprint density at radius 3 is 2.80 bits per heavy atom. The van der Waals surface area contributed by atoms with Crippen LogP contribution in [0.2, 0.25) is 0 Å². The zero-order valence-corrected chi connectivity index (χ0v) is 13.0. The molecule has 20 heavy (non-hydrogen) atoms. The number of rotatable bonds is 4. The molecular formula is C14H27N5O. The Morgan fingerprint density at radius 1 is 1.35 bits per heavy atom. The number of hydrogen-bond donors (Lipinski definition) is 1. The van der Waals surface area contributed by atoms with Crippen LogP contribution in [0.25, 0.3) is 0 Å². The molecule has 6 heteroatoms. The molecule has 1 aliphatic rings. The van der Waals surface area contributed by atoms with E-state index in [4.69, 9.17) is 10.3 Å². The Kier molecular flexibility index (Phi) is 5.12. The van der Waals surface area contributed by atoms with Crippen LogP contribution >= 0.6 is 0 Å². The molecule has 0 saturated carbocycles. The van der Waals surface area contributed by atoms with Crippen molar-refractivity contribution < 1.29 is 4.52 Å². The molecule has 1 aromatic rings. The van der Waals surface area contributed by atoms with Crippen LogP contribution in [0.3, 0.4) is 0 Å². The van der Waals surface area contributed by atoms with Crippen molar-refractivity contribution in [2.75, 3.05) is 33.7 Å². The van der Waals surface area contributed by atoms with E-state index in [-0.39, 0.29) is 12.1 Å². The van der Waals surface area contributed by atoms with Crippen LogP contribution in [0.15, 0.2) is 4.52 Å². The van der Waals surface area contributed by atoms with Crippen molar-refractivity contribution in [2.45, 2.75) is 38.8 Å². The molecule has 0 aliphatic carbocycles. The maximum atomic E-state index is 6.11. The number of hydrogen-bond acceptors (Lipinski definition) is 6. The summed E-state index contributed by atoms with van der Waals surface area (Å²) in [4.78, 5) is 9.16. The van der Waals surface area contributed by atoms with E-state index in [9.17, 15) is 0 Å². The molecule has 0 radical (unpaired) electrons. The predicted octanol–water partition coefficient (Wildman–Crippen LogP) is 1.42. The van der Waals surface area contributed by atoms with Crippen LogP contribution in [-0.2, 0) is 0 Å². The minimum Gasteiger partial charge on any atom is -0.338 e. The van der Waals surface area contributed by atoms with E-state index in [1.165, 1.54) is 6.42 Å². The summed E-state index contributed by atoms with van der Waals surface area (Å²) in [6.07, 6.45) is 2.03. The van der Waals surface area contributed by atoms with Gasteiger partial charge in [0, 0.05) is 6.54 Å². The third-order valence-corrected chi connectivity index (χ3v) is 3.87. The predicted molar refractivity (Wildman–Crippen MR) is 78.2 cm³/mol. The van der Waals surface area contributed by atoms with Gasteiger partial charge < -0.3 is 15.2 Å². The summed E-state index contributed by atoms with van der Waals surface area (Å²) in [6.45, 7) is 7.38. The normalized spacial score (nSPS) is 24.0. The van der Waals surface area contributed by atoms with E-state index >= 15 is 0 Å². The summed E-state index contributed by atoms with van der Waals surface area (Å²) in [5.41, 5.74) is 6.11. The maximum Gasteiger partial charge on any atom is 0.243 e. The Balaban J connectivity index is 2.10. The topological polar surface area (TPSA) is 71.4 Å². The van der Waals surface area contributed by atoms with Crippen molar-refractivity contribution in [1.82, 2.24) is 19.9 Å². The van der Waals surface area contributed by atoms with E-state index in [0.717, 1.165) is 31.9 Å². The Morgan fingerprint density at radius 2 is 2.10 bits per heavy atom. The van der Waals surface area contributed by atoms with E-state index < -0.39 is 0 Å². The van der Waals surface area contributed by atoms with Crippen LogP contribution in [0.5, 0.6) is 0 Å². The van der Waals surface area contributed by atoms with Gasteiger partial charge in [-0.2, -0.15) is 4.98 Å². The molecule has 2 heterocycles. The van der Waals surface area contributed by atoms with Crippen molar-refractivity contribution in [3.8, 4) is 0 Å². The molecular weight excluding hydrogens is 254 g/mol. The van der Waals surface area contributed by atoms with Crippen molar-refractivity contribution in [3.05, 3.63) is 11.7 Å². The van der Waals surface area contributed by atoms with Gasteiger partial charge in [0.1, 0.15) is 0 Å². The second kappa shape index (κ2) is 6.65. The summed E-state index contributed by atoms with van der Waals surface area (Å²) in [7, 11) is 4.26. The zero-order valence-electron chi connectivity index (χ0n) is 13.0. The Hall–Kier alpha value is -0.980. The molecule has 2 rings (SSSR count). The fourth-order valence-corrected chi connectivity index (χ4v) is 2.69. The van der Waals surface area contributed by atoms with E-state index in [1.54, 1.807) is 0 Å². The highest BCUT2D eigenvalue weighted by Crippen LogP contribution is 2.23. The molecule has 1 saturated heterocycles. The summed E-state index contributed by atoms with van der Waals surface area (Å²) in [6, 6.07) is 0.0244. The number of nitrogens with zero attached hydrogens (tertiary/aromatic N) is 4. The SMILES string of the molecule is CC(C)C[C@H](N)c1nc(C2CN(C)CCCN2C)no1. The van der Waals surface area contributed by atoms with Crippen LogP contribution in [0.1, 0.15) is 50.5 Å². The van der Waals surface area contributed by atoms with Crippen LogP contribution < -0.4 is 5.73 Å². The Labute approximate surface area is 121 Å². The summed E-state index contributed by atoms with van der Waals surface area (Å²) in [5, 5.41) is 4.16. The van der Waals surface area contributed by atoms with Gasteiger partial charge >= 0.3 is 0 Å². The third-order valence-electron chi connectivity index (χ3n) is 3.87. The van der Waals surface area contributed by atoms with E-state index in [2.05, 4.69) is 47.9 Å². The molecule has 1 fully saturated rings. The Bertz CT molecular complexity index is 419. The standard InChI is InChI=1S/C14H27N5O/c1-10(2)8-11(15)14-16-13(17-20-14)12-9-18(3)6-5-7-19(12)4/h10-12H,5-9,15H2,1-4H3/t11-,12?/m0/s1. The van der Waals surface area contributed by atoms with Gasteiger partial charge in [-0.15, -0.1) is 0 Å². The summed E-state index contributed by atoms with van der Waals surface area (Å²) < 4.78 is 5.37. The highest BCUT2D eigenvalue weighted by molar-refractivity contribution is 4.99. The first-order valence-electron chi connectivity index (χ1n) is 7.45. The van der Waals surface area contributed by atoms with Crippen LogP contribution in [-0.4, -0.2) is 53.7 Å². The van der Waals surface area contributed by atoms with Gasteiger partial charge in [0.2, 0.25) is 5.89 Å². The molecule has 114 valence electrons. The molecule has 0 spiro atoms. The minimum absolute atomic E-state index is 0.162.